The van der Waals surface area contributed by atoms with E-state index in [2.05, 4.69) is 15.3 Å². The van der Waals surface area contributed by atoms with Crippen LogP contribution in [0.3, 0.4) is 0 Å². The molecule has 1 aromatic heterocycles. The Bertz CT molecular complexity index is 363. The van der Waals surface area contributed by atoms with Gasteiger partial charge in [-0.25, -0.2) is 0 Å². The Labute approximate surface area is 103 Å². The van der Waals surface area contributed by atoms with E-state index in [1.807, 2.05) is 34.6 Å². The van der Waals surface area contributed by atoms with Crippen LogP contribution in [0.15, 0.2) is 12.4 Å². The van der Waals surface area contributed by atoms with Gasteiger partial charge in [0.05, 0.1) is 18.5 Å². The molecule has 0 spiro atoms. The van der Waals surface area contributed by atoms with Crippen LogP contribution in [0.2, 0.25) is 0 Å². The van der Waals surface area contributed by atoms with Crippen LogP contribution in [0.25, 0.3) is 0 Å². The van der Waals surface area contributed by atoms with Gasteiger partial charge in [-0.3, -0.25) is 4.98 Å². The van der Waals surface area contributed by atoms with Gasteiger partial charge in [-0.05, 0) is 34.6 Å². The van der Waals surface area contributed by atoms with Crippen LogP contribution in [-0.2, 0) is 0 Å². The average Bonchev–Trinajstić information content (AvgIpc) is 2.15. The first kappa shape index (κ1) is 13.7. The summed E-state index contributed by atoms with van der Waals surface area (Å²) in [5, 5.41) is 3.25. The Morgan fingerprint density at radius 3 is 2.47 bits per heavy atom. The van der Waals surface area contributed by atoms with E-state index in [1.165, 1.54) is 0 Å². The zero-order chi connectivity index (χ0) is 13.1. The van der Waals surface area contributed by atoms with Crippen LogP contribution < -0.4 is 15.8 Å². The first-order chi connectivity index (χ1) is 7.81. The molecule has 1 aromatic rings. The summed E-state index contributed by atoms with van der Waals surface area (Å²) in [5.74, 6) is 1.19. The molecule has 1 heterocycles. The zero-order valence-electron chi connectivity index (χ0n) is 11.2. The highest BCUT2D eigenvalue weighted by atomic mass is 16.5. The second-order valence-electron chi connectivity index (χ2n) is 5.04. The quantitative estimate of drug-likeness (QED) is 0.818. The first-order valence-corrected chi connectivity index (χ1v) is 5.83. The van der Waals surface area contributed by atoms with Gasteiger partial charge in [0.15, 0.2) is 0 Å². The van der Waals surface area contributed by atoms with Crippen molar-refractivity contribution in [1.82, 2.24) is 9.97 Å². The second-order valence-corrected chi connectivity index (χ2v) is 5.04. The van der Waals surface area contributed by atoms with Gasteiger partial charge in [0.2, 0.25) is 5.88 Å². The van der Waals surface area contributed by atoms with Gasteiger partial charge in [-0.15, -0.1) is 0 Å². The highest BCUT2D eigenvalue weighted by Gasteiger charge is 2.23. The summed E-state index contributed by atoms with van der Waals surface area (Å²) < 4.78 is 5.48. The predicted molar refractivity (Wildman–Crippen MR) is 69.1 cm³/mol. The third-order valence-electron chi connectivity index (χ3n) is 2.56. The molecule has 3 N–H and O–H groups in total. The van der Waals surface area contributed by atoms with Crippen molar-refractivity contribution < 1.29 is 4.74 Å². The van der Waals surface area contributed by atoms with Crippen molar-refractivity contribution >= 4 is 5.82 Å². The lowest BCUT2D eigenvalue weighted by Crippen LogP contribution is -2.47. The molecule has 5 nitrogen and oxygen atoms in total. The summed E-state index contributed by atoms with van der Waals surface area (Å²) in [6, 6.07) is -0.000951. The monoisotopic (exact) mass is 238 g/mol. The van der Waals surface area contributed by atoms with Crippen molar-refractivity contribution in [1.29, 1.82) is 0 Å². The van der Waals surface area contributed by atoms with E-state index >= 15 is 0 Å². The highest BCUT2D eigenvalue weighted by molar-refractivity contribution is 5.37. The van der Waals surface area contributed by atoms with Crippen molar-refractivity contribution in [2.75, 3.05) is 5.32 Å². The van der Waals surface area contributed by atoms with Gasteiger partial charge in [-0.1, -0.05) is 0 Å². The molecule has 0 bridgehead atoms. The Morgan fingerprint density at radius 2 is 1.94 bits per heavy atom. The second kappa shape index (κ2) is 5.31. The molecular formula is C12H22N4O. The molecule has 0 saturated heterocycles. The molecule has 0 aliphatic carbocycles. The number of hydrogen-bond acceptors (Lipinski definition) is 5. The van der Waals surface area contributed by atoms with Gasteiger partial charge in [-0.2, -0.15) is 4.98 Å². The molecule has 0 amide bonds. The molecule has 17 heavy (non-hydrogen) atoms. The lowest BCUT2D eigenvalue weighted by Gasteiger charge is -2.30. The molecule has 5 heteroatoms. The molecule has 1 atom stereocenters. The minimum atomic E-state index is -0.245. The van der Waals surface area contributed by atoms with Gasteiger partial charge >= 0.3 is 0 Å². The van der Waals surface area contributed by atoms with Crippen LogP contribution in [0, 0.1) is 0 Å². The molecule has 0 aliphatic heterocycles. The third-order valence-corrected chi connectivity index (χ3v) is 2.56. The topological polar surface area (TPSA) is 73.1 Å². The number of ether oxygens (including phenoxy) is 1. The largest absolute Gasteiger partial charge is 0.474 e. The number of anilines is 1. The zero-order valence-corrected chi connectivity index (χ0v) is 11.2. The molecule has 0 aliphatic rings. The number of nitrogens with two attached hydrogens (primary N) is 1. The fourth-order valence-electron chi connectivity index (χ4n) is 1.15. The van der Waals surface area contributed by atoms with Crippen LogP contribution in [0.4, 0.5) is 5.82 Å². The maximum atomic E-state index is 5.89. The van der Waals surface area contributed by atoms with Gasteiger partial charge in [0.1, 0.15) is 5.82 Å². The normalized spacial score (nSPS) is 13.6. The predicted octanol–water partition coefficient (Wildman–Crippen LogP) is 1.80. The van der Waals surface area contributed by atoms with E-state index < -0.39 is 0 Å². The number of aromatic nitrogens is 2. The van der Waals surface area contributed by atoms with E-state index in [4.69, 9.17) is 10.5 Å². The van der Waals surface area contributed by atoms with Crippen molar-refractivity contribution in [3.8, 4) is 5.88 Å². The number of rotatable bonds is 5. The summed E-state index contributed by atoms with van der Waals surface area (Å²) >= 11 is 0. The number of hydrogen-bond donors (Lipinski definition) is 2. The summed E-state index contributed by atoms with van der Waals surface area (Å²) in [7, 11) is 0. The van der Waals surface area contributed by atoms with E-state index in [0.717, 1.165) is 0 Å². The van der Waals surface area contributed by atoms with E-state index in [0.29, 0.717) is 11.7 Å². The van der Waals surface area contributed by atoms with E-state index in [-0.39, 0.29) is 17.7 Å². The third kappa shape index (κ3) is 4.19. The molecule has 0 fully saturated rings. The lowest BCUT2D eigenvalue weighted by molar-refractivity contribution is 0.232. The van der Waals surface area contributed by atoms with E-state index in [9.17, 15) is 0 Å². The first-order valence-electron chi connectivity index (χ1n) is 5.83. The van der Waals surface area contributed by atoms with Crippen LogP contribution in [0.1, 0.15) is 34.6 Å². The fraction of sp³-hybridized carbons (Fsp3) is 0.667. The smallest absolute Gasteiger partial charge is 0.234 e. The van der Waals surface area contributed by atoms with Crippen molar-refractivity contribution in [2.45, 2.75) is 52.3 Å². The van der Waals surface area contributed by atoms with Crippen LogP contribution in [-0.4, -0.2) is 27.7 Å². The number of nitrogens with one attached hydrogen (secondary N) is 1. The lowest BCUT2D eigenvalue weighted by atomic mass is 9.97. The molecule has 0 aromatic carbocycles. The highest BCUT2D eigenvalue weighted by Crippen LogP contribution is 2.17. The standard InChI is InChI=1S/C12H22N4O/c1-8(2)17-11-7-14-6-10(15-11)16-12(4,5)9(3)13/h6-9H,13H2,1-5H3,(H,15,16). The minimum Gasteiger partial charge on any atom is -0.474 e. The van der Waals surface area contributed by atoms with Crippen LogP contribution >= 0.6 is 0 Å². The number of nitrogens with zero attached hydrogens (tertiary/aromatic N) is 2. The Hall–Kier alpha value is -1.36. The fourth-order valence-corrected chi connectivity index (χ4v) is 1.15. The Morgan fingerprint density at radius 1 is 1.29 bits per heavy atom. The van der Waals surface area contributed by atoms with Gasteiger partial charge in [0.25, 0.3) is 0 Å². The van der Waals surface area contributed by atoms with E-state index in [1.54, 1.807) is 12.4 Å². The summed E-state index contributed by atoms with van der Waals surface area (Å²) in [4.78, 5) is 8.42. The molecule has 0 radical (unpaired) electrons. The molecule has 96 valence electrons. The maximum absolute atomic E-state index is 5.89. The molecular weight excluding hydrogens is 216 g/mol. The average molecular weight is 238 g/mol. The molecule has 0 saturated carbocycles. The van der Waals surface area contributed by atoms with Crippen LogP contribution in [0.5, 0.6) is 5.88 Å². The Balaban J connectivity index is 2.78. The van der Waals surface area contributed by atoms with Crippen molar-refractivity contribution in [3.63, 3.8) is 0 Å². The van der Waals surface area contributed by atoms with Gasteiger partial charge < -0.3 is 15.8 Å². The summed E-state index contributed by atoms with van der Waals surface area (Å²) in [6.45, 7) is 9.90. The summed E-state index contributed by atoms with van der Waals surface area (Å²) in [6.07, 6.45) is 3.35. The Kier molecular flexibility index (Phi) is 4.28. The van der Waals surface area contributed by atoms with Crippen molar-refractivity contribution in [3.05, 3.63) is 12.4 Å². The molecule has 1 rings (SSSR count). The van der Waals surface area contributed by atoms with Crippen molar-refractivity contribution in [2.24, 2.45) is 5.73 Å². The SMILES string of the molecule is CC(C)Oc1cncc(NC(C)(C)C(C)N)n1. The van der Waals surface area contributed by atoms with Gasteiger partial charge in [0, 0.05) is 11.6 Å². The minimum absolute atomic E-state index is 0.000951. The summed E-state index contributed by atoms with van der Waals surface area (Å²) in [5.41, 5.74) is 5.65. The molecule has 1 unspecified atom stereocenters. The maximum Gasteiger partial charge on any atom is 0.234 e.